The minimum absolute atomic E-state index is 0.405. The van der Waals surface area contributed by atoms with Crippen molar-refractivity contribution >= 4 is 5.91 Å². The number of rotatable bonds is 5. The summed E-state index contributed by atoms with van der Waals surface area (Å²) in [5.41, 5.74) is 0. The van der Waals surface area contributed by atoms with Gasteiger partial charge in [-0.3, -0.25) is 4.79 Å². The monoisotopic (exact) mass is 238 g/mol. The molecule has 0 aromatic rings. The minimum Gasteiger partial charge on any atom is -0.356 e. The van der Waals surface area contributed by atoms with Gasteiger partial charge in [-0.05, 0) is 25.8 Å². The molecule has 1 unspecified atom stereocenters. The topological polar surface area (TPSA) is 41.1 Å². The summed E-state index contributed by atoms with van der Waals surface area (Å²) >= 11 is 0. The van der Waals surface area contributed by atoms with Crippen molar-refractivity contribution in [3.63, 3.8) is 0 Å². The van der Waals surface area contributed by atoms with Crippen LogP contribution < -0.4 is 10.6 Å². The Morgan fingerprint density at radius 3 is 2.75 bits per heavy atom. The Morgan fingerprint density at radius 1 is 1.44 bits per heavy atom. The first-order valence-corrected chi connectivity index (χ1v) is 5.54. The largest absolute Gasteiger partial charge is 0.389 e. The van der Waals surface area contributed by atoms with Gasteiger partial charge in [-0.25, -0.2) is 0 Å². The van der Waals surface area contributed by atoms with E-state index in [1.807, 2.05) is 0 Å². The summed E-state index contributed by atoms with van der Waals surface area (Å²) in [6, 6.07) is 0.405. The molecule has 1 aliphatic heterocycles. The van der Waals surface area contributed by atoms with Gasteiger partial charge in [0, 0.05) is 19.0 Å². The second-order valence-electron chi connectivity index (χ2n) is 4.05. The standard InChI is InChI=1S/C10H17F3N2O/c11-10(12,13)5-3-9(16)15-7-4-8-2-1-6-14-8/h8,14H,1-7H2,(H,15,16). The van der Waals surface area contributed by atoms with Gasteiger partial charge in [0.05, 0.1) is 6.42 Å². The maximum atomic E-state index is 11.8. The van der Waals surface area contributed by atoms with Crippen molar-refractivity contribution in [2.75, 3.05) is 13.1 Å². The van der Waals surface area contributed by atoms with Crippen molar-refractivity contribution < 1.29 is 18.0 Å². The molecule has 0 aromatic carbocycles. The molecule has 1 atom stereocenters. The van der Waals surface area contributed by atoms with Gasteiger partial charge < -0.3 is 10.6 Å². The fraction of sp³-hybridized carbons (Fsp3) is 0.900. The van der Waals surface area contributed by atoms with Gasteiger partial charge in [-0.2, -0.15) is 13.2 Å². The number of alkyl halides is 3. The van der Waals surface area contributed by atoms with E-state index in [0.717, 1.165) is 25.8 Å². The highest BCUT2D eigenvalue weighted by Crippen LogP contribution is 2.20. The smallest absolute Gasteiger partial charge is 0.356 e. The number of halogens is 3. The number of nitrogens with one attached hydrogen (secondary N) is 2. The third kappa shape index (κ3) is 5.95. The zero-order chi connectivity index (χ0) is 12.0. The predicted molar refractivity (Wildman–Crippen MR) is 53.9 cm³/mol. The van der Waals surface area contributed by atoms with Gasteiger partial charge in [0.2, 0.25) is 5.91 Å². The molecule has 0 saturated carbocycles. The maximum absolute atomic E-state index is 11.8. The molecular weight excluding hydrogens is 221 g/mol. The Hall–Kier alpha value is -0.780. The van der Waals surface area contributed by atoms with Gasteiger partial charge >= 0.3 is 6.18 Å². The van der Waals surface area contributed by atoms with Crippen molar-refractivity contribution in [3.05, 3.63) is 0 Å². The molecule has 1 heterocycles. The lowest BCUT2D eigenvalue weighted by molar-refractivity contribution is -0.144. The van der Waals surface area contributed by atoms with Crippen LogP contribution in [0.4, 0.5) is 13.2 Å². The van der Waals surface area contributed by atoms with Crippen LogP contribution in [0.25, 0.3) is 0 Å². The van der Waals surface area contributed by atoms with E-state index < -0.39 is 24.9 Å². The summed E-state index contributed by atoms with van der Waals surface area (Å²) in [4.78, 5) is 11.0. The molecule has 0 bridgehead atoms. The van der Waals surface area contributed by atoms with Crippen LogP contribution in [0.2, 0.25) is 0 Å². The number of amides is 1. The van der Waals surface area contributed by atoms with Gasteiger partial charge in [0.15, 0.2) is 0 Å². The van der Waals surface area contributed by atoms with Crippen molar-refractivity contribution in [2.45, 2.75) is 44.3 Å². The lowest BCUT2D eigenvalue weighted by Gasteiger charge is -2.11. The molecule has 94 valence electrons. The number of carbonyl (C=O) groups excluding carboxylic acids is 1. The summed E-state index contributed by atoms with van der Waals surface area (Å²) in [6.45, 7) is 1.45. The summed E-state index contributed by atoms with van der Waals surface area (Å²) < 4.78 is 35.4. The molecule has 0 aliphatic carbocycles. The number of hydrogen-bond donors (Lipinski definition) is 2. The molecule has 2 N–H and O–H groups in total. The quantitative estimate of drug-likeness (QED) is 0.763. The van der Waals surface area contributed by atoms with Crippen LogP contribution in [0.15, 0.2) is 0 Å². The Labute approximate surface area is 92.8 Å². The van der Waals surface area contributed by atoms with E-state index in [0.29, 0.717) is 12.6 Å². The molecule has 0 spiro atoms. The van der Waals surface area contributed by atoms with Crippen LogP contribution in [0, 0.1) is 0 Å². The van der Waals surface area contributed by atoms with Crippen LogP contribution >= 0.6 is 0 Å². The molecule has 1 fully saturated rings. The first kappa shape index (κ1) is 13.3. The molecule has 16 heavy (non-hydrogen) atoms. The maximum Gasteiger partial charge on any atom is 0.389 e. The zero-order valence-electron chi connectivity index (χ0n) is 9.07. The molecule has 0 radical (unpaired) electrons. The van der Waals surface area contributed by atoms with Gasteiger partial charge in [0.1, 0.15) is 0 Å². The molecule has 1 saturated heterocycles. The summed E-state index contributed by atoms with van der Waals surface area (Å²) in [6.07, 6.45) is -2.75. The van der Waals surface area contributed by atoms with E-state index in [2.05, 4.69) is 10.6 Å². The fourth-order valence-electron chi connectivity index (χ4n) is 1.73. The highest BCUT2D eigenvalue weighted by molar-refractivity contribution is 5.75. The third-order valence-corrected chi connectivity index (χ3v) is 2.61. The number of carbonyl (C=O) groups is 1. The summed E-state index contributed by atoms with van der Waals surface area (Å²) in [5, 5.41) is 5.76. The van der Waals surface area contributed by atoms with Crippen molar-refractivity contribution in [2.24, 2.45) is 0 Å². The van der Waals surface area contributed by atoms with E-state index in [1.165, 1.54) is 0 Å². The number of hydrogen-bond acceptors (Lipinski definition) is 2. The first-order valence-electron chi connectivity index (χ1n) is 5.54. The highest BCUT2D eigenvalue weighted by atomic mass is 19.4. The van der Waals surface area contributed by atoms with Crippen molar-refractivity contribution in [1.29, 1.82) is 0 Å². The SMILES string of the molecule is O=C(CCC(F)(F)F)NCCC1CCCN1. The van der Waals surface area contributed by atoms with Crippen LogP contribution in [-0.2, 0) is 4.79 Å². The average molecular weight is 238 g/mol. The summed E-state index contributed by atoms with van der Waals surface area (Å²) in [5.74, 6) is -0.518. The Balaban J connectivity index is 2.01. The van der Waals surface area contributed by atoms with E-state index in [9.17, 15) is 18.0 Å². The van der Waals surface area contributed by atoms with Crippen molar-refractivity contribution in [1.82, 2.24) is 10.6 Å². The van der Waals surface area contributed by atoms with Crippen LogP contribution in [0.1, 0.15) is 32.1 Å². The van der Waals surface area contributed by atoms with Crippen LogP contribution in [0.5, 0.6) is 0 Å². The van der Waals surface area contributed by atoms with Crippen LogP contribution in [0.3, 0.4) is 0 Å². The van der Waals surface area contributed by atoms with E-state index in [-0.39, 0.29) is 0 Å². The molecule has 0 aromatic heterocycles. The predicted octanol–water partition coefficient (Wildman–Crippen LogP) is 1.59. The molecule has 1 amide bonds. The average Bonchev–Trinajstić information content (AvgIpc) is 2.66. The minimum atomic E-state index is -4.25. The molecule has 1 rings (SSSR count). The molecule has 6 heteroatoms. The van der Waals surface area contributed by atoms with Gasteiger partial charge in [-0.15, -0.1) is 0 Å². The Kier molecular flexibility index (Phi) is 5.05. The molecule has 1 aliphatic rings. The fourth-order valence-corrected chi connectivity index (χ4v) is 1.73. The lowest BCUT2D eigenvalue weighted by atomic mass is 10.1. The van der Waals surface area contributed by atoms with E-state index >= 15 is 0 Å². The van der Waals surface area contributed by atoms with Gasteiger partial charge in [-0.1, -0.05) is 0 Å². The Morgan fingerprint density at radius 2 is 2.19 bits per heavy atom. The molecule has 3 nitrogen and oxygen atoms in total. The second-order valence-corrected chi connectivity index (χ2v) is 4.05. The molecular formula is C10H17F3N2O. The highest BCUT2D eigenvalue weighted by Gasteiger charge is 2.27. The Bertz CT molecular complexity index is 225. The van der Waals surface area contributed by atoms with Gasteiger partial charge in [0.25, 0.3) is 0 Å². The summed E-state index contributed by atoms with van der Waals surface area (Å²) in [7, 11) is 0. The van der Waals surface area contributed by atoms with E-state index in [4.69, 9.17) is 0 Å². The van der Waals surface area contributed by atoms with Crippen LogP contribution in [-0.4, -0.2) is 31.2 Å². The third-order valence-electron chi connectivity index (χ3n) is 2.61. The normalized spacial score (nSPS) is 21.1. The lowest BCUT2D eigenvalue weighted by Crippen LogP contribution is -2.31. The zero-order valence-corrected chi connectivity index (χ0v) is 9.07. The van der Waals surface area contributed by atoms with E-state index in [1.54, 1.807) is 0 Å². The second kappa shape index (κ2) is 6.08. The first-order chi connectivity index (χ1) is 7.47. The van der Waals surface area contributed by atoms with Crippen molar-refractivity contribution in [3.8, 4) is 0 Å².